The predicted octanol–water partition coefficient (Wildman–Crippen LogP) is 7.15. The van der Waals surface area contributed by atoms with Gasteiger partial charge < -0.3 is 9.97 Å². The van der Waals surface area contributed by atoms with E-state index in [1.54, 1.807) is 30.6 Å². The normalized spacial score (nSPS) is 12.7. The summed E-state index contributed by atoms with van der Waals surface area (Å²) in [7, 11) is 0. The van der Waals surface area contributed by atoms with Crippen molar-refractivity contribution in [3.63, 3.8) is 0 Å². The van der Waals surface area contributed by atoms with Crippen LogP contribution < -0.4 is 0 Å². The Labute approximate surface area is 209 Å². The number of alkyl halides is 2. The molecule has 0 saturated carbocycles. The van der Waals surface area contributed by atoms with E-state index in [1.165, 1.54) is 13.0 Å². The zero-order valence-corrected chi connectivity index (χ0v) is 20.2. The Hall–Kier alpha value is -3.30. The first-order chi connectivity index (χ1) is 16.0. The number of halogens is 3. The van der Waals surface area contributed by atoms with E-state index in [4.69, 9.17) is 0 Å². The number of aromatic nitrogens is 2. The molecule has 1 aliphatic rings. The number of hydrogen-bond acceptors (Lipinski definition) is 2. The Morgan fingerprint density at radius 3 is 2.41 bits per heavy atom. The minimum Gasteiger partial charge on any atom is -0.305 e. The summed E-state index contributed by atoms with van der Waals surface area (Å²) in [6, 6.07) is 27.0. The number of benzene rings is 3. The van der Waals surface area contributed by atoms with Crippen LogP contribution in [0, 0.1) is 24.9 Å². The fraction of sp³-hybridized carbons (Fsp3) is 0.0714. The second kappa shape index (κ2) is 9.52. The molecule has 0 amide bonds. The first kappa shape index (κ1) is 23.8. The molecule has 170 valence electrons. The largest absolute Gasteiger partial charge is 2.00 e. The van der Waals surface area contributed by atoms with Crippen molar-refractivity contribution in [1.29, 1.82) is 0 Å². The van der Waals surface area contributed by atoms with Crippen molar-refractivity contribution >= 4 is 10.8 Å². The van der Waals surface area contributed by atoms with Gasteiger partial charge in [0.1, 0.15) is 0 Å². The number of pyridine rings is 2. The van der Waals surface area contributed by atoms with E-state index in [9.17, 15) is 13.2 Å². The van der Waals surface area contributed by atoms with E-state index in [2.05, 4.69) is 22.1 Å². The average Bonchev–Trinajstić information content (AvgIpc) is 2.85. The smallest absolute Gasteiger partial charge is 0.305 e. The fourth-order valence-corrected chi connectivity index (χ4v) is 4.09. The van der Waals surface area contributed by atoms with Crippen molar-refractivity contribution in [1.82, 2.24) is 9.97 Å². The Balaban J connectivity index is 0.000000180. The molecule has 2 aromatic heterocycles. The first-order valence-corrected chi connectivity index (χ1v) is 10.3. The second-order valence-electron chi connectivity index (χ2n) is 7.64. The minimum absolute atomic E-state index is 0. The molecule has 5 aromatic rings. The Kier molecular flexibility index (Phi) is 6.67. The predicted molar refractivity (Wildman–Crippen MR) is 122 cm³/mol. The molecule has 0 atom stereocenters. The van der Waals surface area contributed by atoms with Crippen LogP contribution in [0.25, 0.3) is 33.3 Å². The molecule has 0 radical (unpaired) electrons. The Bertz CT molecular complexity index is 1410. The molecule has 0 saturated heterocycles. The number of rotatable bonds is 1. The van der Waals surface area contributed by atoms with Gasteiger partial charge in [0.2, 0.25) is 0 Å². The van der Waals surface area contributed by atoms with Gasteiger partial charge in [0.25, 0.3) is 5.92 Å². The average molecular weight is 634 g/mol. The molecule has 2 nitrogen and oxygen atoms in total. The molecular formula is C28H17F3N2Pt. The van der Waals surface area contributed by atoms with Gasteiger partial charge in [0.05, 0.1) is 0 Å². The van der Waals surface area contributed by atoms with Gasteiger partial charge in [-0.3, -0.25) is 4.39 Å². The SMILES string of the molecule is Cc1c(F)c[c-]c2c1C(F)(F)c1cccc3ccnc-2c13.[Pt+2].[c-]1ccccc1-c1ccccn1. The summed E-state index contributed by atoms with van der Waals surface area (Å²) in [6.07, 6.45) is 3.36. The monoisotopic (exact) mass is 633 g/mol. The van der Waals surface area contributed by atoms with Gasteiger partial charge in [0.15, 0.2) is 0 Å². The molecule has 1 aliphatic carbocycles. The van der Waals surface area contributed by atoms with E-state index in [-0.39, 0.29) is 43.3 Å². The summed E-state index contributed by atoms with van der Waals surface area (Å²) in [6.45, 7) is 1.37. The van der Waals surface area contributed by atoms with Crippen LogP contribution in [0.1, 0.15) is 16.7 Å². The van der Waals surface area contributed by atoms with Gasteiger partial charge in [-0.25, -0.2) is 8.78 Å². The second-order valence-corrected chi connectivity index (χ2v) is 7.64. The molecule has 0 aliphatic heterocycles. The van der Waals surface area contributed by atoms with Crippen LogP contribution in [0.3, 0.4) is 0 Å². The van der Waals surface area contributed by atoms with Crippen LogP contribution >= 0.6 is 0 Å². The molecule has 2 heterocycles. The summed E-state index contributed by atoms with van der Waals surface area (Å²) in [5, 5.41) is 1.11. The van der Waals surface area contributed by atoms with Gasteiger partial charge in [0, 0.05) is 23.8 Å². The first-order valence-electron chi connectivity index (χ1n) is 10.3. The third-order valence-electron chi connectivity index (χ3n) is 5.66. The van der Waals surface area contributed by atoms with Gasteiger partial charge >= 0.3 is 21.1 Å². The van der Waals surface area contributed by atoms with Crippen molar-refractivity contribution in [3.8, 4) is 22.5 Å². The molecule has 6 rings (SSSR count). The van der Waals surface area contributed by atoms with E-state index in [1.807, 2.05) is 42.5 Å². The van der Waals surface area contributed by atoms with Crippen LogP contribution in [0.5, 0.6) is 0 Å². The van der Waals surface area contributed by atoms with E-state index in [0.717, 1.165) is 17.3 Å². The number of hydrogen-bond donors (Lipinski definition) is 0. The molecular weight excluding hydrogens is 616 g/mol. The standard InChI is InChI=1S/C17H9F3N.C11H8N.Pt/c1-9-13(18)6-5-11-15(9)17(19,20)12-4-2-3-10-7-8-21-16(11)14(10)12;1-2-6-10(7-3-1)11-8-4-5-9-12-11;/h2-4,6-8H,1H3;1-6,8-9H;/q2*-1;+2. The third-order valence-corrected chi connectivity index (χ3v) is 5.66. The summed E-state index contributed by atoms with van der Waals surface area (Å²) < 4.78 is 43.5. The molecule has 0 fully saturated rings. The van der Waals surface area contributed by atoms with Crippen LogP contribution in [0.4, 0.5) is 13.2 Å². The van der Waals surface area contributed by atoms with Crippen molar-refractivity contribution in [2.45, 2.75) is 12.8 Å². The summed E-state index contributed by atoms with van der Waals surface area (Å²) in [5.74, 6) is -3.94. The van der Waals surface area contributed by atoms with Gasteiger partial charge in [-0.2, -0.15) is 0 Å². The van der Waals surface area contributed by atoms with Gasteiger partial charge in [-0.05, 0) is 39.9 Å². The molecule has 0 unspecified atom stereocenters. The van der Waals surface area contributed by atoms with Crippen molar-refractivity contribution in [2.24, 2.45) is 0 Å². The quantitative estimate of drug-likeness (QED) is 0.183. The van der Waals surface area contributed by atoms with Crippen LogP contribution in [0.15, 0.2) is 85.2 Å². The zero-order chi connectivity index (χ0) is 23.0. The third kappa shape index (κ3) is 4.05. The van der Waals surface area contributed by atoms with Gasteiger partial charge in [-0.15, -0.1) is 53.6 Å². The minimum atomic E-state index is -3.26. The molecule has 0 spiro atoms. The molecule has 6 heteroatoms. The van der Waals surface area contributed by atoms with Crippen molar-refractivity contribution in [2.75, 3.05) is 0 Å². The Morgan fingerprint density at radius 1 is 0.853 bits per heavy atom. The summed E-state index contributed by atoms with van der Waals surface area (Å²) >= 11 is 0. The maximum absolute atomic E-state index is 14.9. The van der Waals surface area contributed by atoms with Gasteiger partial charge in [-0.1, -0.05) is 42.8 Å². The number of fused-ring (bicyclic) bond motifs is 2. The fourth-order valence-electron chi connectivity index (χ4n) is 4.09. The summed E-state index contributed by atoms with van der Waals surface area (Å²) in [4.78, 5) is 8.45. The summed E-state index contributed by atoms with van der Waals surface area (Å²) in [5.41, 5.74) is 2.12. The van der Waals surface area contributed by atoms with Crippen LogP contribution in [-0.4, -0.2) is 9.97 Å². The number of nitrogens with zero attached hydrogens (tertiary/aromatic N) is 2. The maximum atomic E-state index is 14.9. The van der Waals surface area contributed by atoms with Crippen molar-refractivity contribution in [3.05, 3.63) is 120 Å². The molecule has 0 bridgehead atoms. The molecule has 0 N–H and O–H groups in total. The molecule has 34 heavy (non-hydrogen) atoms. The Morgan fingerprint density at radius 2 is 1.68 bits per heavy atom. The molecule has 3 aromatic carbocycles. The topological polar surface area (TPSA) is 25.8 Å². The van der Waals surface area contributed by atoms with Crippen LogP contribution in [0.2, 0.25) is 0 Å². The maximum Gasteiger partial charge on any atom is 2.00 e. The zero-order valence-electron chi connectivity index (χ0n) is 17.9. The van der Waals surface area contributed by atoms with E-state index >= 15 is 0 Å². The van der Waals surface area contributed by atoms with Crippen LogP contribution in [-0.2, 0) is 27.0 Å². The van der Waals surface area contributed by atoms with E-state index in [0.29, 0.717) is 16.5 Å². The van der Waals surface area contributed by atoms with E-state index < -0.39 is 11.7 Å². The van der Waals surface area contributed by atoms with Crippen molar-refractivity contribution < 1.29 is 34.2 Å².